The van der Waals surface area contributed by atoms with Crippen LogP contribution >= 0.6 is 0 Å². The lowest BCUT2D eigenvalue weighted by Gasteiger charge is -2.23. The second kappa shape index (κ2) is 7.53. The van der Waals surface area contributed by atoms with Crippen LogP contribution in [0.1, 0.15) is 37.5 Å². The number of aromatic nitrogens is 1. The molecular formula is C22H24N2O2S. The van der Waals surface area contributed by atoms with Crippen LogP contribution < -0.4 is 4.98 Å². The number of nitrogens with one attached hydrogen (secondary N) is 1. The van der Waals surface area contributed by atoms with E-state index in [4.69, 9.17) is 0 Å². The summed E-state index contributed by atoms with van der Waals surface area (Å²) in [5, 5.41) is 0. The molecule has 140 valence electrons. The Morgan fingerprint density at radius 1 is 0.815 bits per heavy atom. The molecule has 0 spiro atoms. The number of benzene rings is 2. The first-order valence-electron chi connectivity index (χ1n) is 8.86. The third-order valence-corrected chi connectivity index (χ3v) is 5.69. The van der Waals surface area contributed by atoms with Crippen molar-refractivity contribution in [2.75, 3.05) is 0 Å². The van der Waals surface area contributed by atoms with Crippen molar-refractivity contribution in [3.05, 3.63) is 94.5 Å². The first-order valence-corrected chi connectivity index (χ1v) is 10.3. The predicted octanol–water partition coefficient (Wildman–Crippen LogP) is 4.78. The van der Waals surface area contributed by atoms with E-state index < -0.39 is 10.0 Å². The minimum absolute atomic E-state index is 0.0218. The zero-order valence-electron chi connectivity index (χ0n) is 15.8. The Bertz CT molecular complexity index is 989. The number of nitrogens with zero attached hydrogens (tertiary/aromatic N) is 1. The number of rotatable bonds is 5. The summed E-state index contributed by atoms with van der Waals surface area (Å²) in [6, 6.07) is 18.3. The lowest BCUT2D eigenvalue weighted by atomic mass is 9.87. The van der Waals surface area contributed by atoms with Gasteiger partial charge < -0.3 is 4.72 Å². The lowest BCUT2D eigenvalue weighted by Crippen LogP contribution is -2.11. The Balaban J connectivity index is 1.72. The van der Waals surface area contributed by atoms with Gasteiger partial charge in [-0.2, -0.15) is 0 Å². The number of aromatic amines is 1. The fraction of sp³-hybridized carbons (Fsp3) is 0.227. The number of sulfonamides is 1. The predicted molar refractivity (Wildman–Crippen MR) is 108 cm³/mol. The summed E-state index contributed by atoms with van der Waals surface area (Å²) >= 11 is 0. The SMILES string of the molecule is CC(C)(C)c1ccc(S(=O)(=O)[N-]c2ccc(Cc3cc[nH+]cc3)cc2)cc1. The van der Waals surface area contributed by atoms with E-state index in [1.165, 1.54) is 5.56 Å². The van der Waals surface area contributed by atoms with Crippen LogP contribution in [0.2, 0.25) is 0 Å². The van der Waals surface area contributed by atoms with Gasteiger partial charge in [-0.15, -0.1) is 5.69 Å². The minimum atomic E-state index is -3.73. The molecule has 0 amide bonds. The molecule has 0 bridgehead atoms. The Morgan fingerprint density at radius 2 is 1.37 bits per heavy atom. The molecule has 1 N–H and O–H groups in total. The van der Waals surface area contributed by atoms with Crippen molar-refractivity contribution in [2.45, 2.75) is 37.5 Å². The van der Waals surface area contributed by atoms with E-state index in [1.807, 2.05) is 48.8 Å². The molecule has 0 aliphatic carbocycles. The fourth-order valence-electron chi connectivity index (χ4n) is 2.77. The molecule has 0 saturated carbocycles. The van der Waals surface area contributed by atoms with Crippen molar-refractivity contribution >= 4 is 15.7 Å². The van der Waals surface area contributed by atoms with Crippen molar-refractivity contribution in [3.8, 4) is 0 Å². The second-order valence-corrected chi connectivity index (χ2v) is 9.20. The van der Waals surface area contributed by atoms with E-state index in [-0.39, 0.29) is 10.3 Å². The van der Waals surface area contributed by atoms with Crippen LogP contribution in [0, 0.1) is 0 Å². The molecule has 0 aliphatic rings. The third kappa shape index (κ3) is 4.95. The number of hydrogen-bond donors (Lipinski definition) is 0. The Hall–Kier alpha value is -2.66. The van der Waals surface area contributed by atoms with E-state index in [2.05, 4.69) is 30.5 Å². The molecule has 4 nitrogen and oxygen atoms in total. The largest absolute Gasteiger partial charge is 0.573 e. The number of H-pyrrole nitrogens is 1. The normalized spacial score (nSPS) is 12.0. The molecule has 3 aromatic rings. The van der Waals surface area contributed by atoms with Crippen LogP contribution in [0.4, 0.5) is 5.69 Å². The zero-order chi connectivity index (χ0) is 19.5. The average molecular weight is 381 g/mol. The second-order valence-electron chi connectivity index (χ2n) is 7.59. The molecule has 0 radical (unpaired) electrons. The summed E-state index contributed by atoms with van der Waals surface area (Å²) in [6.45, 7) is 6.28. The zero-order valence-corrected chi connectivity index (χ0v) is 16.6. The maximum absolute atomic E-state index is 12.6. The fourth-order valence-corrected chi connectivity index (χ4v) is 3.75. The summed E-state index contributed by atoms with van der Waals surface area (Å²) in [6.07, 6.45) is 4.56. The van der Waals surface area contributed by atoms with Crippen LogP contribution in [0.3, 0.4) is 0 Å². The highest BCUT2D eigenvalue weighted by atomic mass is 32.2. The van der Waals surface area contributed by atoms with E-state index in [1.54, 1.807) is 24.3 Å². The molecule has 3 rings (SSSR count). The standard InChI is InChI=1S/C22H23N2O2S/c1-22(2,3)19-6-10-21(11-7-19)27(25,26)24-20-8-4-17(5-9-20)16-18-12-14-23-15-13-18/h4-15H,16H2,1-3H3/q-1/p+1. The van der Waals surface area contributed by atoms with Gasteiger partial charge in [-0.3, -0.25) is 0 Å². The first kappa shape index (κ1) is 19.1. The molecule has 0 aliphatic heterocycles. The van der Waals surface area contributed by atoms with Gasteiger partial charge in [-0.1, -0.05) is 57.2 Å². The number of hydrogen-bond acceptors (Lipinski definition) is 2. The highest BCUT2D eigenvalue weighted by molar-refractivity contribution is 7.94. The Labute approximate surface area is 161 Å². The minimum Gasteiger partial charge on any atom is -0.573 e. The monoisotopic (exact) mass is 380 g/mol. The molecule has 0 atom stereocenters. The van der Waals surface area contributed by atoms with Crippen LogP contribution in [-0.4, -0.2) is 8.42 Å². The van der Waals surface area contributed by atoms with Gasteiger partial charge in [0, 0.05) is 12.1 Å². The van der Waals surface area contributed by atoms with Gasteiger partial charge in [0.15, 0.2) is 12.4 Å². The molecule has 0 saturated heterocycles. The van der Waals surface area contributed by atoms with Crippen LogP contribution in [0.5, 0.6) is 0 Å². The van der Waals surface area contributed by atoms with Crippen LogP contribution in [0.15, 0.2) is 78.0 Å². The molecular weight excluding hydrogens is 356 g/mol. The molecule has 1 heterocycles. The average Bonchev–Trinajstić information content (AvgIpc) is 2.63. The Kier molecular flexibility index (Phi) is 5.33. The van der Waals surface area contributed by atoms with Gasteiger partial charge in [0.2, 0.25) is 0 Å². The summed E-state index contributed by atoms with van der Waals surface area (Å²) in [7, 11) is -3.73. The maximum Gasteiger partial charge on any atom is 0.167 e. The van der Waals surface area contributed by atoms with Crippen LogP contribution in [0.25, 0.3) is 4.72 Å². The molecule has 27 heavy (non-hydrogen) atoms. The van der Waals surface area contributed by atoms with Gasteiger partial charge in [-0.05, 0) is 40.7 Å². The number of pyridine rings is 1. The van der Waals surface area contributed by atoms with Crippen molar-refractivity contribution in [1.82, 2.24) is 0 Å². The molecule has 5 heteroatoms. The van der Waals surface area contributed by atoms with Gasteiger partial charge in [0.25, 0.3) is 0 Å². The lowest BCUT2D eigenvalue weighted by molar-refractivity contribution is -0.378. The van der Waals surface area contributed by atoms with Crippen molar-refractivity contribution in [1.29, 1.82) is 0 Å². The summed E-state index contributed by atoms with van der Waals surface area (Å²) < 4.78 is 29.1. The highest BCUT2D eigenvalue weighted by Gasteiger charge is 2.14. The van der Waals surface area contributed by atoms with Gasteiger partial charge in [0.05, 0.1) is 4.90 Å². The highest BCUT2D eigenvalue weighted by Crippen LogP contribution is 2.30. The van der Waals surface area contributed by atoms with Crippen LogP contribution in [-0.2, 0) is 21.9 Å². The van der Waals surface area contributed by atoms with E-state index in [0.717, 1.165) is 17.5 Å². The molecule has 2 aromatic carbocycles. The summed E-state index contributed by atoms with van der Waals surface area (Å²) in [5.74, 6) is 0. The maximum atomic E-state index is 12.6. The summed E-state index contributed by atoms with van der Waals surface area (Å²) in [4.78, 5) is 3.21. The van der Waals surface area contributed by atoms with Crippen molar-refractivity contribution < 1.29 is 13.4 Å². The third-order valence-electron chi connectivity index (χ3n) is 4.38. The van der Waals surface area contributed by atoms with Crippen molar-refractivity contribution in [2.24, 2.45) is 0 Å². The van der Waals surface area contributed by atoms with E-state index >= 15 is 0 Å². The Morgan fingerprint density at radius 3 is 1.93 bits per heavy atom. The smallest absolute Gasteiger partial charge is 0.167 e. The summed E-state index contributed by atoms with van der Waals surface area (Å²) in [5.41, 5.74) is 3.79. The molecule has 0 unspecified atom stereocenters. The van der Waals surface area contributed by atoms with Gasteiger partial charge >= 0.3 is 0 Å². The van der Waals surface area contributed by atoms with Gasteiger partial charge in [0.1, 0.15) is 10.0 Å². The first-order chi connectivity index (χ1) is 12.7. The van der Waals surface area contributed by atoms with E-state index in [9.17, 15) is 8.42 Å². The topological polar surface area (TPSA) is 62.4 Å². The van der Waals surface area contributed by atoms with Crippen molar-refractivity contribution in [3.63, 3.8) is 0 Å². The quantitative estimate of drug-likeness (QED) is 0.639. The van der Waals surface area contributed by atoms with E-state index in [0.29, 0.717) is 5.69 Å². The van der Waals surface area contributed by atoms with Gasteiger partial charge in [-0.25, -0.2) is 13.4 Å². The molecule has 1 aromatic heterocycles. The molecule has 0 fully saturated rings.